The molecule has 3 aromatic carbocycles. The number of methoxy groups -OCH3 is 1. The van der Waals surface area contributed by atoms with E-state index in [1.165, 1.54) is 31.4 Å². The number of ether oxygens (including phenoxy) is 2. The van der Waals surface area contributed by atoms with Gasteiger partial charge in [0.1, 0.15) is 17.7 Å². The van der Waals surface area contributed by atoms with Crippen molar-refractivity contribution in [1.29, 1.82) is 5.26 Å². The van der Waals surface area contributed by atoms with Crippen LogP contribution in [-0.2, 0) is 4.79 Å². The average Bonchev–Trinajstić information content (AvgIpc) is 3.26. The normalized spacial score (nSPS) is 11.2. The molecular weight excluding hydrogens is 471 g/mol. The van der Waals surface area contributed by atoms with E-state index in [1.807, 2.05) is 25.1 Å². The van der Waals surface area contributed by atoms with E-state index in [0.29, 0.717) is 22.6 Å². The van der Waals surface area contributed by atoms with E-state index in [4.69, 9.17) is 21.1 Å². The van der Waals surface area contributed by atoms with Gasteiger partial charge in [0.15, 0.2) is 18.1 Å². The highest BCUT2D eigenvalue weighted by atomic mass is 35.5. The van der Waals surface area contributed by atoms with E-state index in [-0.39, 0.29) is 23.1 Å². The van der Waals surface area contributed by atoms with E-state index < -0.39 is 11.7 Å². The second-order valence-electron chi connectivity index (χ2n) is 7.65. The van der Waals surface area contributed by atoms with Gasteiger partial charge in [-0.15, -0.1) is 0 Å². The van der Waals surface area contributed by atoms with Crippen LogP contribution in [0.3, 0.4) is 0 Å². The quantitative estimate of drug-likeness (QED) is 0.321. The van der Waals surface area contributed by atoms with Crippen LogP contribution in [0.2, 0.25) is 5.02 Å². The fraction of sp³-hybridized carbons (Fsp3) is 0.115. The van der Waals surface area contributed by atoms with Crippen LogP contribution in [0.1, 0.15) is 17.0 Å². The van der Waals surface area contributed by atoms with Gasteiger partial charge in [0.2, 0.25) is 0 Å². The van der Waals surface area contributed by atoms with Crippen LogP contribution >= 0.6 is 11.6 Å². The molecular formula is C26H20ClFN4O3. The van der Waals surface area contributed by atoms with Crippen LogP contribution in [0.4, 0.5) is 10.1 Å². The fourth-order valence-corrected chi connectivity index (χ4v) is 3.68. The van der Waals surface area contributed by atoms with Gasteiger partial charge >= 0.3 is 0 Å². The SMILES string of the molecule is COc1cc(C=C(C#N)c2nc3ccc(C)cc3[nH]2)cc(Cl)c1OCC(=O)Nc1ccc(F)cc1. The summed E-state index contributed by atoms with van der Waals surface area (Å²) in [5, 5.41) is 12.5. The number of carbonyl (C=O) groups is 1. The van der Waals surface area contributed by atoms with Crippen molar-refractivity contribution in [2.24, 2.45) is 0 Å². The Kier molecular flexibility index (Phi) is 6.99. The van der Waals surface area contributed by atoms with Crippen molar-refractivity contribution in [2.45, 2.75) is 6.92 Å². The highest BCUT2D eigenvalue weighted by Gasteiger charge is 2.15. The number of H-pyrrole nitrogens is 1. The number of benzene rings is 3. The van der Waals surface area contributed by atoms with E-state index in [0.717, 1.165) is 16.6 Å². The molecule has 0 bridgehead atoms. The minimum atomic E-state index is -0.453. The maximum atomic E-state index is 13.0. The zero-order valence-electron chi connectivity index (χ0n) is 18.9. The molecule has 1 heterocycles. The molecule has 4 aromatic rings. The predicted molar refractivity (Wildman–Crippen MR) is 133 cm³/mol. The summed E-state index contributed by atoms with van der Waals surface area (Å²) in [6.45, 7) is 1.63. The largest absolute Gasteiger partial charge is 0.493 e. The predicted octanol–water partition coefficient (Wildman–Crippen LogP) is 5.75. The lowest BCUT2D eigenvalue weighted by molar-refractivity contribution is -0.118. The molecule has 1 amide bonds. The van der Waals surface area contributed by atoms with Crippen molar-refractivity contribution >= 4 is 45.9 Å². The van der Waals surface area contributed by atoms with Gasteiger partial charge in [-0.2, -0.15) is 5.26 Å². The molecule has 0 aliphatic heterocycles. The fourth-order valence-electron chi connectivity index (χ4n) is 3.40. The number of hydrogen-bond acceptors (Lipinski definition) is 5. The number of imidazole rings is 1. The number of fused-ring (bicyclic) bond motifs is 1. The molecule has 176 valence electrons. The minimum absolute atomic E-state index is 0.179. The van der Waals surface area contributed by atoms with Gasteiger partial charge in [0, 0.05) is 5.69 Å². The maximum absolute atomic E-state index is 13.0. The number of amides is 1. The van der Waals surface area contributed by atoms with Crippen molar-refractivity contribution in [1.82, 2.24) is 9.97 Å². The lowest BCUT2D eigenvalue weighted by Gasteiger charge is -2.13. The van der Waals surface area contributed by atoms with E-state index >= 15 is 0 Å². The summed E-state index contributed by atoms with van der Waals surface area (Å²) < 4.78 is 24.0. The number of rotatable bonds is 7. The van der Waals surface area contributed by atoms with E-state index in [1.54, 1.807) is 18.2 Å². The topological polar surface area (TPSA) is 100 Å². The summed E-state index contributed by atoms with van der Waals surface area (Å²) in [4.78, 5) is 19.9. The zero-order valence-corrected chi connectivity index (χ0v) is 19.6. The molecule has 0 aliphatic rings. The number of nitriles is 1. The molecule has 2 N–H and O–H groups in total. The van der Waals surface area contributed by atoms with Gasteiger partial charge in [0.05, 0.1) is 28.7 Å². The molecule has 0 unspecified atom stereocenters. The molecule has 0 fully saturated rings. The first-order valence-electron chi connectivity index (χ1n) is 10.5. The van der Waals surface area contributed by atoms with Gasteiger partial charge in [0.25, 0.3) is 5.91 Å². The molecule has 4 rings (SSSR count). The smallest absolute Gasteiger partial charge is 0.262 e. The van der Waals surface area contributed by atoms with Crippen molar-refractivity contribution in [2.75, 3.05) is 19.0 Å². The summed E-state index contributed by atoms with van der Waals surface area (Å²) in [5.41, 5.74) is 3.99. The summed E-state index contributed by atoms with van der Waals surface area (Å²) in [6, 6.07) is 16.6. The van der Waals surface area contributed by atoms with E-state index in [9.17, 15) is 14.4 Å². The number of aromatic amines is 1. The first-order chi connectivity index (χ1) is 16.9. The Morgan fingerprint density at radius 1 is 1.23 bits per heavy atom. The third-order valence-electron chi connectivity index (χ3n) is 5.05. The van der Waals surface area contributed by atoms with Crippen LogP contribution in [0.15, 0.2) is 54.6 Å². The number of aromatic nitrogens is 2. The number of carbonyl (C=O) groups excluding carboxylic acids is 1. The Morgan fingerprint density at radius 3 is 2.71 bits per heavy atom. The zero-order chi connectivity index (χ0) is 24.9. The lowest BCUT2D eigenvalue weighted by atomic mass is 10.1. The number of hydrogen-bond donors (Lipinski definition) is 2. The molecule has 0 saturated heterocycles. The van der Waals surface area contributed by atoms with Crippen LogP contribution in [0, 0.1) is 24.1 Å². The molecule has 7 nitrogen and oxygen atoms in total. The highest BCUT2D eigenvalue weighted by molar-refractivity contribution is 6.32. The monoisotopic (exact) mass is 490 g/mol. The second-order valence-corrected chi connectivity index (χ2v) is 8.06. The van der Waals surface area contributed by atoms with Gasteiger partial charge in [-0.1, -0.05) is 17.7 Å². The first kappa shape index (κ1) is 23.8. The summed E-state index contributed by atoms with van der Waals surface area (Å²) in [7, 11) is 1.44. The Morgan fingerprint density at radius 2 is 2.00 bits per heavy atom. The van der Waals surface area contributed by atoms with Gasteiger partial charge in [-0.25, -0.2) is 9.37 Å². The maximum Gasteiger partial charge on any atom is 0.262 e. The average molecular weight is 491 g/mol. The van der Waals surface area contributed by atoms with E-state index in [2.05, 4.69) is 21.4 Å². The molecule has 0 radical (unpaired) electrons. The highest BCUT2D eigenvalue weighted by Crippen LogP contribution is 2.37. The third-order valence-corrected chi connectivity index (χ3v) is 5.33. The van der Waals surface area contributed by atoms with Crippen molar-refractivity contribution < 1.29 is 18.7 Å². The van der Waals surface area contributed by atoms with Gasteiger partial charge < -0.3 is 19.8 Å². The summed E-state index contributed by atoms with van der Waals surface area (Å²) in [6.07, 6.45) is 1.63. The summed E-state index contributed by atoms with van der Waals surface area (Å²) in [5.74, 6) is 0.0422. The second kappa shape index (κ2) is 10.3. The first-order valence-corrected chi connectivity index (χ1v) is 10.9. The van der Waals surface area contributed by atoms with Gasteiger partial charge in [-0.05, 0) is 72.7 Å². The molecule has 35 heavy (non-hydrogen) atoms. The Hall–Kier alpha value is -4.35. The minimum Gasteiger partial charge on any atom is -0.493 e. The lowest BCUT2D eigenvalue weighted by Crippen LogP contribution is -2.20. The molecule has 0 atom stereocenters. The number of aryl methyl sites for hydroxylation is 1. The number of allylic oxidation sites excluding steroid dienone is 1. The Labute approximate surface area is 205 Å². The van der Waals surface area contributed by atoms with Crippen LogP contribution < -0.4 is 14.8 Å². The van der Waals surface area contributed by atoms with Crippen molar-refractivity contribution in [3.05, 3.63) is 82.4 Å². The Balaban J connectivity index is 1.54. The molecule has 9 heteroatoms. The van der Waals surface area contributed by atoms with Crippen LogP contribution in [0.5, 0.6) is 11.5 Å². The Bertz CT molecular complexity index is 1470. The van der Waals surface area contributed by atoms with Crippen LogP contribution in [-0.4, -0.2) is 29.6 Å². The molecule has 0 aliphatic carbocycles. The standard InChI is InChI=1S/C26H20ClFN4O3/c1-15-3-8-21-22(9-15)32-26(31-21)17(13-29)10-16-11-20(27)25(23(12-16)34-2)35-14-24(33)30-19-6-4-18(28)5-7-19/h3-12H,14H2,1-2H3,(H,30,33)(H,31,32). The number of nitrogens with one attached hydrogen (secondary N) is 2. The molecule has 1 aromatic heterocycles. The number of anilines is 1. The number of nitrogens with zero attached hydrogens (tertiary/aromatic N) is 2. The molecule has 0 saturated carbocycles. The van der Waals surface area contributed by atoms with Crippen molar-refractivity contribution in [3.8, 4) is 17.6 Å². The third kappa shape index (κ3) is 5.60. The summed E-state index contributed by atoms with van der Waals surface area (Å²) >= 11 is 6.41. The molecule has 0 spiro atoms. The van der Waals surface area contributed by atoms with Crippen LogP contribution in [0.25, 0.3) is 22.7 Å². The van der Waals surface area contributed by atoms with Crippen molar-refractivity contribution in [3.63, 3.8) is 0 Å². The number of halogens is 2. The van der Waals surface area contributed by atoms with Gasteiger partial charge in [-0.3, -0.25) is 4.79 Å².